The highest BCUT2D eigenvalue weighted by molar-refractivity contribution is 5.68. The van der Waals surface area contributed by atoms with Gasteiger partial charge in [-0.1, -0.05) is 24.3 Å². The van der Waals surface area contributed by atoms with Crippen LogP contribution in [-0.2, 0) is 5.41 Å². The van der Waals surface area contributed by atoms with Crippen LogP contribution in [0.2, 0.25) is 0 Å². The summed E-state index contributed by atoms with van der Waals surface area (Å²) < 4.78 is 19.3. The van der Waals surface area contributed by atoms with Crippen molar-refractivity contribution in [1.82, 2.24) is 0 Å². The summed E-state index contributed by atoms with van der Waals surface area (Å²) in [6, 6.07) is 18.4. The molecule has 222 valence electrons. The molecular formula is C34H35N3O6. The first-order valence-corrected chi connectivity index (χ1v) is 14.6. The highest BCUT2D eigenvalue weighted by Gasteiger charge is 2.53. The maximum Gasteiger partial charge on any atom is 0.212 e. The van der Waals surface area contributed by atoms with Gasteiger partial charge in [-0.15, -0.1) is 0 Å². The SMILES string of the molecule is Nc1cccc(Oc2ccc(C34CC5CC(CC(C5)C3)C4)c(Oc3cccc(N)c3O)c2Oc2cccc(N)c2O)c1O. The average Bonchev–Trinajstić information content (AvgIpc) is 2.96. The summed E-state index contributed by atoms with van der Waals surface area (Å²) in [5.74, 6) is 2.31. The number of ether oxygens (including phenoxy) is 3. The Labute approximate surface area is 249 Å². The third kappa shape index (κ3) is 4.65. The minimum absolute atomic E-state index is 0.0888. The lowest BCUT2D eigenvalue weighted by molar-refractivity contribution is -0.00612. The Morgan fingerprint density at radius 2 is 0.930 bits per heavy atom. The third-order valence-corrected chi connectivity index (χ3v) is 9.42. The van der Waals surface area contributed by atoms with E-state index in [4.69, 9.17) is 31.4 Å². The molecule has 4 aromatic rings. The Kier molecular flexibility index (Phi) is 6.34. The number of nitrogens with two attached hydrogens (primary N) is 3. The summed E-state index contributed by atoms with van der Waals surface area (Å²) in [6.07, 6.45) is 6.83. The number of rotatable bonds is 7. The summed E-state index contributed by atoms with van der Waals surface area (Å²) in [4.78, 5) is 0. The first-order valence-electron chi connectivity index (χ1n) is 14.6. The highest BCUT2D eigenvalue weighted by atomic mass is 16.6. The predicted octanol–water partition coefficient (Wildman–Crippen LogP) is 7.39. The van der Waals surface area contributed by atoms with Crippen LogP contribution in [0.4, 0.5) is 17.1 Å². The van der Waals surface area contributed by atoms with E-state index in [2.05, 4.69) is 0 Å². The number of hydrogen-bond acceptors (Lipinski definition) is 9. The van der Waals surface area contributed by atoms with Crippen molar-refractivity contribution in [3.63, 3.8) is 0 Å². The number of phenolic OH excluding ortho intramolecular Hbond substituents is 3. The zero-order valence-electron chi connectivity index (χ0n) is 23.6. The molecule has 4 fully saturated rings. The molecule has 8 rings (SSSR count). The molecule has 0 amide bonds. The fourth-order valence-corrected chi connectivity index (χ4v) is 7.88. The van der Waals surface area contributed by atoms with Crippen LogP contribution < -0.4 is 31.4 Å². The van der Waals surface area contributed by atoms with Gasteiger partial charge in [-0.25, -0.2) is 0 Å². The van der Waals surface area contributed by atoms with Gasteiger partial charge in [0.25, 0.3) is 0 Å². The van der Waals surface area contributed by atoms with Gasteiger partial charge in [0.15, 0.2) is 46.0 Å². The molecule has 0 heterocycles. The number of nitrogen functional groups attached to an aromatic ring is 3. The van der Waals surface area contributed by atoms with Gasteiger partial charge >= 0.3 is 0 Å². The summed E-state index contributed by atoms with van der Waals surface area (Å²) in [5.41, 5.74) is 19.3. The number of benzene rings is 4. The molecule has 4 aliphatic rings. The van der Waals surface area contributed by atoms with Crippen LogP contribution >= 0.6 is 0 Å². The molecule has 0 aliphatic heterocycles. The topological polar surface area (TPSA) is 166 Å². The van der Waals surface area contributed by atoms with Gasteiger partial charge in [-0.05, 0) is 104 Å². The molecule has 0 radical (unpaired) electrons. The maximum atomic E-state index is 10.9. The Morgan fingerprint density at radius 3 is 1.40 bits per heavy atom. The van der Waals surface area contributed by atoms with Gasteiger partial charge in [0.2, 0.25) is 5.75 Å². The van der Waals surface area contributed by atoms with Crippen molar-refractivity contribution in [2.75, 3.05) is 17.2 Å². The fraction of sp³-hybridized carbons (Fsp3) is 0.294. The zero-order valence-corrected chi connectivity index (χ0v) is 23.6. The lowest BCUT2D eigenvalue weighted by atomic mass is 9.48. The van der Waals surface area contributed by atoms with E-state index >= 15 is 0 Å². The molecule has 4 saturated carbocycles. The number of aromatic hydroxyl groups is 3. The second kappa shape index (κ2) is 10.1. The zero-order chi connectivity index (χ0) is 29.9. The molecule has 0 saturated heterocycles. The molecule has 43 heavy (non-hydrogen) atoms. The van der Waals surface area contributed by atoms with E-state index < -0.39 is 0 Å². The Bertz CT molecular complexity index is 1690. The first kappa shape index (κ1) is 26.9. The molecule has 4 aliphatic carbocycles. The average molecular weight is 582 g/mol. The highest BCUT2D eigenvalue weighted by Crippen LogP contribution is 2.64. The molecule has 0 unspecified atom stereocenters. The van der Waals surface area contributed by atoms with E-state index in [0.29, 0.717) is 23.5 Å². The number of hydrogen-bond donors (Lipinski definition) is 6. The summed E-state index contributed by atoms with van der Waals surface area (Å²) in [7, 11) is 0. The van der Waals surface area contributed by atoms with Crippen molar-refractivity contribution in [2.24, 2.45) is 17.8 Å². The summed E-state index contributed by atoms with van der Waals surface area (Å²) >= 11 is 0. The van der Waals surface area contributed by atoms with Crippen LogP contribution in [0.3, 0.4) is 0 Å². The van der Waals surface area contributed by atoms with Crippen molar-refractivity contribution in [3.05, 3.63) is 72.3 Å². The van der Waals surface area contributed by atoms with E-state index in [1.807, 2.05) is 6.07 Å². The molecular weight excluding hydrogens is 546 g/mol. The number of phenols is 3. The molecule has 0 spiro atoms. The lowest BCUT2D eigenvalue weighted by Crippen LogP contribution is -2.48. The van der Waals surface area contributed by atoms with Gasteiger partial charge in [0, 0.05) is 5.56 Å². The van der Waals surface area contributed by atoms with E-state index in [1.54, 1.807) is 60.7 Å². The molecule has 4 aromatic carbocycles. The van der Waals surface area contributed by atoms with Crippen LogP contribution in [0.5, 0.6) is 51.7 Å². The smallest absolute Gasteiger partial charge is 0.212 e. The molecule has 9 heteroatoms. The van der Waals surface area contributed by atoms with Crippen LogP contribution in [0.15, 0.2) is 66.7 Å². The van der Waals surface area contributed by atoms with Crippen LogP contribution in [0.1, 0.15) is 44.1 Å². The second-order valence-corrected chi connectivity index (χ2v) is 12.4. The maximum absolute atomic E-state index is 10.9. The van der Waals surface area contributed by atoms with Crippen molar-refractivity contribution in [2.45, 2.75) is 43.9 Å². The monoisotopic (exact) mass is 581 g/mol. The Balaban J connectivity index is 1.45. The van der Waals surface area contributed by atoms with Crippen LogP contribution in [-0.4, -0.2) is 15.3 Å². The summed E-state index contributed by atoms with van der Waals surface area (Å²) in [6.45, 7) is 0. The van der Waals surface area contributed by atoms with Crippen molar-refractivity contribution in [3.8, 4) is 51.7 Å². The lowest BCUT2D eigenvalue weighted by Gasteiger charge is -2.57. The van der Waals surface area contributed by atoms with E-state index in [1.165, 1.54) is 19.3 Å². The second-order valence-electron chi connectivity index (χ2n) is 12.4. The number of para-hydroxylation sites is 3. The van der Waals surface area contributed by atoms with Gasteiger partial charge < -0.3 is 46.7 Å². The standard InChI is InChI=1S/C34H35N3O6/c35-22-4-1-7-25(29(22)38)41-28-11-10-21(34-15-18-12-19(16-34)14-20(13-18)17-34)32(42-26-8-2-5-23(36)30(26)39)33(28)43-27-9-3-6-24(37)31(27)40/h1-11,18-20,38-40H,12-17,35-37H2. The normalized spacial score (nSPS) is 23.7. The van der Waals surface area contributed by atoms with Gasteiger partial charge in [0.1, 0.15) is 0 Å². The van der Waals surface area contributed by atoms with Crippen molar-refractivity contribution in [1.29, 1.82) is 0 Å². The predicted molar refractivity (Wildman–Crippen MR) is 164 cm³/mol. The van der Waals surface area contributed by atoms with Crippen LogP contribution in [0, 0.1) is 17.8 Å². The number of anilines is 3. The quantitative estimate of drug-likeness (QED) is 0.0963. The largest absolute Gasteiger partial charge is 0.503 e. The molecule has 4 bridgehead atoms. The molecule has 0 atom stereocenters. The van der Waals surface area contributed by atoms with Crippen molar-refractivity contribution < 1.29 is 29.5 Å². The van der Waals surface area contributed by atoms with Gasteiger partial charge in [0.05, 0.1) is 17.1 Å². The molecule has 9 nitrogen and oxygen atoms in total. The van der Waals surface area contributed by atoms with E-state index in [0.717, 1.165) is 24.8 Å². The fourth-order valence-electron chi connectivity index (χ4n) is 7.88. The van der Waals surface area contributed by atoms with E-state index in [9.17, 15) is 15.3 Å². The molecule has 9 N–H and O–H groups in total. The summed E-state index contributed by atoms with van der Waals surface area (Å²) in [5, 5.41) is 32.4. The minimum Gasteiger partial charge on any atom is -0.503 e. The molecule has 0 aromatic heterocycles. The minimum atomic E-state index is -0.238. The third-order valence-electron chi connectivity index (χ3n) is 9.42. The van der Waals surface area contributed by atoms with Crippen LogP contribution in [0.25, 0.3) is 0 Å². The Hall–Kier alpha value is -4.92. The van der Waals surface area contributed by atoms with Gasteiger partial charge in [-0.2, -0.15) is 0 Å². The van der Waals surface area contributed by atoms with Crippen molar-refractivity contribution >= 4 is 17.1 Å². The van der Waals surface area contributed by atoms with E-state index in [-0.39, 0.29) is 68.5 Å². The Morgan fingerprint density at radius 1 is 0.512 bits per heavy atom. The van der Waals surface area contributed by atoms with Gasteiger partial charge in [-0.3, -0.25) is 0 Å². The first-order chi connectivity index (χ1) is 20.7.